The Morgan fingerprint density at radius 2 is 1.81 bits per heavy atom. The van der Waals surface area contributed by atoms with Gasteiger partial charge in [-0.3, -0.25) is 4.79 Å². The van der Waals surface area contributed by atoms with Gasteiger partial charge in [-0.1, -0.05) is 12.1 Å². The summed E-state index contributed by atoms with van der Waals surface area (Å²) in [5.41, 5.74) is 0.237. The average Bonchev–Trinajstić information content (AvgIpc) is 2.41. The first kappa shape index (κ1) is 15.1. The lowest BCUT2D eigenvalue weighted by molar-refractivity contribution is 0.102. The van der Waals surface area contributed by atoms with Gasteiger partial charge in [-0.25, -0.2) is 4.39 Å². The molecule has 0 saturated heterocycles. The monoisotopic (exact) mass is 311 g/mol. The maximum Gasteiger partial charge on any atom is 0.334 e. The highest BCUT2D eigenvalue weighted by Crippen LogP contribution is 2.23. The molecule has 0 unspecified atom stereocenters. The minimum atomic E-state index is -4.95. The Balaban J connectivity index is 2.34. The Hall–Kier alpha value is -2.28. The molecule has 0 fully saturated rings. The Bertz CT molecular complexity index is 804. The van der Waals surface area contributed by atoms with E-state index in [1.165, 1.54) is 37.3 Å². The van der Waals surface area contributed by atoms with Crippen molar-refractivity contribution in [3.8, 4) is 0 Å². The van der Waals surface area contributed by atoms with Gasteiger partial charge in [0, 0.05) is 5.56 Å². The number of hydrogen-bond donors (Lipinski definition) is 1. The zero-order valence-corrected chi connectivity index (χ0v) is 11.7. The van der Waals surface area contributed by atoms with Crippen molar-refractivity contribution in [2.75, 3.05) is 5.32 Å². The average molecular weight is 311 g/mol. The first-order chi connectivity index (χ1) is 9.79. The van der Waals surface area contributed by atoms with Crippen LogP contribution in [0, 0.1) is 12.7 Å². The summed E-state index contributed by atoms with van der Waals surface area (Å²) in [4.78, 5) is 11.4. The largest absolute Gasteiger partial charge is 0.334 e. The van der Waals surface area contributed by atoms with Gasteiger partial charge >= 0.3 is 10.2 Å². The molecule has 1 N–H and O–H groups in total. The summed E-state index contributed by atoms with van der Waals surface area (Å²) in [6.07, 6.45) is 0. The molecule has 4 nitrogen and oxygen atoms in total. The van der Waals surface area contributed by atoms with Crippen molar-refractivity contribution in [2.45, 2.75) is 11.8 Å². The number of nitrogens with one attached hydrogen (secondary N) is 1. The van der Waals surface area contributed by atoms with Gasteiger partial charge in [-0.15, -0.1) is 3.89 Å². The second-order valence-corrected chi connectivity index (χ2v) is 5.67. The van der Waals surface area contributed by atoms with Gasteiger partial charge in [0.25, 0.3) is 5.91 Å². The van der Waals surface area contributed by atoms with Gasteiger partial charge in [-0.05, 0) is 42.8 Å². The van der Waals surface area contributed by atoms with Crippen LogP contribution in [0.3, 0.4) is 0 Å². The first-order valence-electron chi connectivity index (χ1n) is 5.90. The van der Waals surface area contributed by atoms with Crippen molar-refractivity contribution in [2.24, 2.45) is 0 Å². The van der Waals surface area contributed by atoms with Gasteiger partial charge in [0.05, 0.1) is 5.69 Å². The van der Waals surface area contributed by atoms with E-state index in [0.717, 1.165) is 12.1 Å². The van der Waals surface area contributed by atoms with Crippen LogP contribution in [0.5, 0.6) is 0 Å². The number of para-hydroxylation sites is 1. The number of aryl methyl sites for hydroxylation is 1. The van der Waals surface area contributed by atoms with Gasteiger partial charge < -0.3 is 5.32 Å². The van der Waals surface area contributed by atoms with Crippen LogP contribution < -0.4 is 5.32 Å². The molecule has 0 aliphatic rings. The molecule has 0 atom stereocenters. The van der Waals surface area contributed by atoms with E-state index in [1.807, 2.05) is 0 Å². The zero-order chi connectivity index (χ0) is 15.6. The number of benzene rings is 2. The molecular formula is C14H11F2NO3S. The summed E-state index contributed by atoms with van der Waals surface area (Å²) >= 11 is 0. The van der Waals surface area contributed by atoms with Crippen LogP contribution in [-0.2, 0) is 10.2 Å². The molecule has 7 heteroatoms. The van der Waals surface area contributed by atoms with Crippen LogP contribution in [0.15, 0.2) is 47.4 Å². The van der Waals surface area contributed by atoms with E-state index in [4.69, 9.17) is 0 Å². The molecule has 1 amide bonds. The molecule has 0 bridgehead atoms. The Labute approximate surface area is 120 Å². The molecule has 0 saturated carbocycles. The fraction of sp³-hybridized carbons (Fsp3) is 0.0714. The number of anilines is 1. The summed E-state index contributed by atoms with van der Waals surface area (Å²) in [5, 5.41) is 2.30. The van der Waals surface area contributed by atoms with E-state index in [2.05, 4.69) is 5.32 Å². The van der Waals surface area contributed by atoms with E-state index >= 15 is 0 Å². The van der Waals surface area contributed by atoms with E-state index < -0.39 is 26.8 Å². The predicted octanol–water partition coefficient (Wildman–Crippen LogP) is 3.04. The number of carbonyl (C=O) groups is 1. The van der Waals surface area contributed by atoms with Crippen molar-refractivity contribution < 1.29 is 21.5 Å². The highest BCUT2D eigenvalue weighted by atomic mass is 32.3. The highest BCUT2D eigenvalue weighted by molar-refractivity contribution is 7.86. The number of hydrogen-bond acceptors (Lipinski definition) is 3. The van der Waals surface area contributed by atoms with Gasteiger partial charge in [0.2, 0.25) is 0 Å². The van der Waals surface area contributed by atoms with Crippen LogP contribution >= 0.6 is 0 Å². The smallest absolute Gasteiger partial charge is 0.321 e. The van der Waals surface area contributed by atoms with Crippen LogP contribution in [0.25, 0.3) is 0 Å². The second-order valence-electron chi connectivity index (χ2n) is 4.35. The number of rotatable bonds is 3. The Kier molecular flexibility index (Phi) is 4.04. The third-order valence-corrected chi connectivity index (χ3v) is 3.70. The number of carbonyl (C=O) groups excluding carboxylic acids is 1. The number of halogens is 2. The Morgan fingerprint density at radius 1 is 1.14 bits per heavy atom. The fourth-order valence-electron chi connectivity index (χ4n) is 1.76. The fourth-order valence-corrected chi connectivity index (χ4v) is 2.39. The SMILES string of the molecule is Cc1cc(C(=O)Nc2ccccc2S(=O)(=O)F)ccc1F. The molecule has 0 aliphatic carbocycles. The third kappa shape index (κ3) is 3.43. The normalized spacial score (nSPS) is 11.2. The van der Waals surface area contributed by atoms with E-state index in [-0.39, 0.29) is 16.8 Å². The van der Waals surface area contributed by atoms with Crippen LogP contribution in [0.4, 0.5) is 14.0 Å². The molecule has 0 aliphatic heterocycles. The summed E-state index contributed by atoms with van der Waals surface area (Å²) in [6, 6.07) is 8.80. The lowest BCUT2D eigenvalue weighted by atomic mass is 10.1. The van der Waals surface area contributed by atoms with Crippen molar-refractivity contribution in [1.29, 1.82) is 0 Å². The summed E-state index contributed by atoms with van der Waals surface area (Å²) in [7, 11) is -4.95. The molecule has 0 radical (unpaired) electrons. The minimum Gasteiger partial charge on any atom is -0.321 e. The minimum absolute atomic E-state index is 0.139. The molecular weight excluding hydrogens is 300 g/mol. The highest BCUT2D eigenvalue weighted by Gasteiger charge is 2.18. The van der Waals surface area contributed by atoms with Gasteiger partial charge in [-0.2, -0.15) is 8.42 Å². The molecule has 2 aromatic rings. The first-order valence-corrected chi connectivity index (χ1v) is 7.28. The van der Waals surface area contributed by atoms with Crippen molar-refractivity contribution in [1.82, 2.24) is 0 Å². The van der Waals surface area contributed by atoms with Gasteiger partial charge in [0.1, 0.15) is 10.7 Å². The van der Waals surface area contributed by atoms with E-state index in [1.54, 1.807) is 0 Å². The molecule has 110 valence electrons. The molecule has 0 aromatic heterocycles. The maximum absolute atomic E-state index is 13.1. The quantitative estimate of drug-likeness (QED) is 0.886. The standard InChI is InChI=1S/C14H11F2NO3S/c1-9-8-10(6-7-11(9)15)14(18)17-12-4-2-3-5-13(12)21(16,19)20/h2-8H,1H3,(H,17,18). The van der Waals surface area contributed by atoms with E-state index in [0.29, 0.717) is 0 Å². The van der Waals surface area contributed by atoms with Crippen LogP contribution in [-0.4, -0.2) is 14.3 Å². The predicted molar refractivity (Wildman–Crippen MR) is 73.8 cm³/mol. The van der Waals surface area contributed by atoms with Crippen LogP contribution in [0.2, 0.25) is 0 Å². The van der Waals surface area contributed by atoms with Crippen molar-refractivity contribution >= 4 is 21.8 Å². The maximum atomic E-state index is 13.1. The molecule has 0 spiro atoms. The van der Waals surface area contributed by atoms with Crippen LogP contribution in [0.1, 0.15) is 15.9 Å². The second kappa shape index (κ2) is 5.61. The Morgan fingerprint density at radius 3 is 2.43 bits per heavy atom. The summed E-state index contributed by atoms with van der Waals surface area (Å²) in [6.45, 7) is 1.49. The molecule has 2 aromatic carbocycles. The molecule has 21 heavy (non-hydrogen) atoms. The molecule has 2 rings (SSSR count). The summed E-state index contributed by atoms with van der Waals surface area (Å²) < 4.78 is 48.3. The third-order valence-electron chi connectivity index (χ3n) is 2.82. The summed E-state index contributed by atoms with van der Waals surface area (Å²) in [5.74, 6) is -1.12. The van der Waals surface area contributed by atoms with E-state index in [9.17, 15) is 21.5 Å². The lowest BCUT2D eigenvalue weighted by Gasteiger charge is -2.09. The zero-order valence-electron chi connectivity index (χ0n) is 10.9. The van der Waals surface area contributed by atoms with Gasteiger partial charge in [0.15, 0.2) is 0 Å². The number of amides is 1. The lowest BCUT2D eigenvalue weighted by Crippen LogP contribution is -2.14. The topological polar surface area (TPSA) is 63.2 Å². The molecule has 0 heterocycles. The van der Waals surface area contributed by atoms with Crippen molar-refractivity contribution in [3.05, 3.63) is 59.4 Å². The van der Waals surface area contributed by atoms with Crippen molar-refractivity contribution in [3.63, 3.8) is 0 Å².